The number of rotatable bonds is 4. The van der Waals surface area contributed by atoms with Crippen molar-refractivity contribution in [3.05, 3.63) is 48.6 Å². The molecule has 0 saturated carbocycles. The van der Waals surface area contributed by atoms with E-state index < -0.39 is 0 Å². The van der Waals surface area contributed by atoms with Gasteiger partial charge in [0.25, 0.3) is 0 Å². The van der Waals surface area contributed by atoms with E-state index in [1.807, 2.05) is 30.3 Å². The van der Waals surface area contributed by atoms with Crippen LogP contribution in [0.2, 0.25) is 0 Å². The molecule has 0 aliphatic heterocycles. The van der Waals surface area contributed by atoms with Crippen molar-refractivity contribution < 1.29 is 25.1 Å². The minimum Gasteiger partial charge on any atom is -1.00 e. The zero-order valence-corrected chi connectivity index (χ0v) is 8.44. The second-order valence-electron chi connectivity index (χ2n) is 2.89. The molecule has 0 bridgehead atoms. The van der Waals surface area contributed by atoms with Crippen LogP contribution in [-0.4, -0.2) is 5.91 Å². The van der Waals surface area contributed by atoms with Crippen molar-refractivity contribution in [1.82, 2.24) is 0 Å². The summed E-state index contributed by atoms with van der Waals surface area (Å²) in [7, 11) is 0. The third kappa shape index (κ3) is 3.41. The Morgan fingerprint density at radius 2 is 2.07 bits per heavy atom. The SMILES string of the molecule is C=CC[C@@H](C(N)=O)c1ccccc1.[H-].[Li+]. The summed E-state index contributed by atoms with van der Waals surface area (Å²) >= 11 is 0. The number of hydrogen-bond acceptors (Lipinski definition) is 1. The van der Waals surface area contributed by atoms with Gasteiger partial charge in [0, 0.05) is 0 Å². The Labute approximate surface area is 97.9 Å². The topological polar surface area (TPSA) is 43.1 Å². The molecule has 0 aliphatic carbocycles. The first-order valence-electron chi connectivity index (χ1n) is 4.21. The summed E-state index contributed by atoms with van der Waals surface area (Å²) in [6.45, 7) is 3.60. The standard InChI is InChI=1S/C11H13NO.Li.H/c1-2-6-10(11(12)13)9-7-4-3-5-8-9;;/h2-5,7-8,10H,1,6H2,(H2,12,13);;/q;+1;-1/t10-;;/m1../s1. The van der Waals surface area contributed by atoms with Crippen LogP contribution in [0.4, 0.5) is 0 Å². The third-order valence-corrected chi connectivity index (χ3v) is 1.95. The smallest absolute Gasteiger partial charge is 1.00 e. The van der Waals surface area contributed by atoms with Gasteiger partial charge in [0.05, 0.1) is 5.92 Å². The molecule has 14 heavy (non-hydrogen) atoms. The third-order valence-electron chi connectivity index (χ3n) is 1.95. The van der Waals surface area contributed by atoms with Gasteiger partial charge in [-0.2, -0.15) is 0 Å². The fraction of sp³-hybridized carbons (Fsp3) is 0.182. The number of primary amides is 1. The molecule has 0 aromatic heterocycles. The van der Waals surface area contributed by atoms with Crippen molar-refractivity contribution in [2.75, 3.05) is 0 Å². The molecule has 0 saturated heterocycles. The summed E-state index contributed by atoms with van der Waals surface area (Å²) in [5.41, 5.74) is 6.22. The van der Waals surface area contributed by atoms with Crippen LogP contribution in [0.1, 0.15) is 19.3 Å². The fourth-order valence-corrected chi connectivity index (χ4v) is 1.27. The molecule has 3 heteroatoms. The Balaban J connectivity index is 0. The van der Waals surface area contributed by atoms with Crippen LogP contribution >= 0.6 is 0 Å². The van der Waals surface area contributed by atoms with Gasteiger partial charge in [-0.05, 0) is 12.0 Å². The maximum Gasteiger partial charge on any atom is 1.00 e. The monoisotopic (exact) mass is 183 g/mol. The van der Waals surface area contributed by atoms with E-state index in [4.69, 9.17) is 5.73 Å². The van der Waals surface area contributed by atoms with E-state index in [-0.39, 0.29) is 32.1 Å². The van der Waals surface area contributed by atoms with E-state index in [0.717, 1.165) is 5.56 Å². The normalized spacial score (nSPS) is 11.1. The molecule has 1 amide bonds. The second-order valence-corrected chi connectivity index (χ2v) is 2.89. The molecule has 0 fully saturated rings. The quantitative estimate of drug-likeness (QED) is 0.469. The predicted molar refractivity (Wildman–Crippen MR) is 54.3 cm³/mol. The summed E-state index contributed by atoms with van der Waals surface area (Å²) in [6.07, 6.45) is 2.31. The van der Waals surface area contributed by atoms with Crippen LogP contribution in [0.5, 0.6) is 0 Å². The predicted octanol–water partition coefficient (Wildman–Crippen LogP) is -1.05. The second kappa shape index (κ2) is 6.48. The van der Waals surface area contributed by atoms with Crippen molar-refractivity contribution in [3.8, 4) is 0 Å². The number of allylic oxidation sites excluding steroid dienone is 1. The molecule has 70 valence electrons. The first kappa shape index (κ1) is 13.0. The number of amides is 1. The van der Waals surface area contributed by atoms with Crippen molar-refractivity contribution in [3.63, 3.8) is 0 Å². The first-order chi connectivity index (χ1) is 6.25. The Morgan fingerprint density at radius 3 is 2.50 bits per heavy atom. The molecular weight excluding hydrogens is 169 g/mol. The molecule has 0 heterocycles. The molecule has 2 nitrogen and oxygen atoms in total. The Morgan fingerprint density at radius 1 is 1.50 bits per heavy atom. The van der Waals surface area contributed by atoms with Gasteiger partial charge in [-0.25, -0.2) is 0 Å². The van der Waals surface area contributed by atoms with Crippen molar-refractivity contribution >= 4 is 5.91 Å². The summed E-state index contributed by atoms with van der Waals surface area (Å²) in [4.78, 5) is 11.1. The van der Waals surface area contributed by atoms with E-state index >= 15 is 0 Å². The van der Waals surface area contributed by atoms with E-state index in [2.05, 4.69) is 6.58 Å². The largest absolute Gasteiger partial charge is 1.00 e. The molecule has 0 spiro atoms. The van der Waals surface area contributed by atoms with Crippen molar-refractivity contribution in [1.29, 1.82) is 0 Å². The van der Waals surface area contributed by atoms with Crippen LogP contribution in [-0.2, 0) is 4.79 Å². The van der Waals surface area contributed by atoms with Crippen LogP contribution < -0.4 is 24.6 Å². The number of carbonyl (C=O) groups is 1. The Kier molecular flexibility index (Phi) is 6.03. The number of hydrogen-bond donors (Lipinski definition) is 1. The molecule has 0 radical (unpaired) electrons. The molecule has 0 aliphatic rings. The van der Waals surface area contributed by atoms with Gasteiger partial charge in [0.15, 0.2) is 0 Å². The van der Waals surface area contributed by atoms with Gasteiger partial charge in [0.2, 0.25) is 5.91 Å². The zero-order valence-electron chi connectivity index (χ0n) is 9.44. The number of carbonyl (C=O) groups excluding carboxylic acids is 1. The Hall–Kier alpha value is -0.973. The van der Waals surface area contributed by atoms with Crippen LogP contribution in [0.15, 0.2) is 43.0 Å². The average Bonchev–Trinajstić information content (AvgIpc) is 2.15. The molecule has 0 unspecified atom stereocenters. The number of nitrogens with two attached hydrogens (primary N) is 1. The molecular formula is C11H14LiNO. The number of benzene rings is 1. The summed E-state index contributed by atoms with van der Waals surface area (Å²) in [6, 6.07) is 9.51. The van der Waals surface area contributed by atoms with Crippen molar-refractivity contribution in [2.24, 2.45) is 5.73 Å². The molecule has 1 atom stereocenters. The average molecular weight is 183 g/mol. The maximum absolute atomic E-state index is 11.1. The van der Waals surface area contributed by atoms with Gasteiger partial charge in [-0.3, -0.25) is 4.79 Å². The van der Waals surface area contributed by atoms with Gasteiger partial charge >= 0.3 is 18.9 Å². The minimum atomic E-state index is -0.300. The van der Waals surface area contributed by atoms with Crippen LogP contribution in [0.3, 0.4) is 0 Å². The zero-order chi connectivity index (χ0) is 9.68. The summed E-state index contributed by atoms with van der Waals surface area (Å²) in [5.74, 6) is -0.537. The molecule has 1 aromatic rings. The summed E-state index contributed by atoms with van der Waals surface area (Å²) in [5, 5.41) is 0. The van der Waals surface area contributed by atoms with Crippen LogP contribution in [0, 0.1) is 0 Å². The van der Waals surface area contributed by atoms with Crippen LogP contribution in [0.25, 0.3) is 0 Å². The van der Waals surface area contributed by atoms with E-state index in [0.29, 0.717) is 6.42 Å². The van der Waals surface area contributed by atoms with E-state index in [1.165, 1.54) is 0 Å². The summed E-state index contributed by atoms with van der Waals surface area (Å²) < 4.78 is 0. The van der Waals surface area contributed by atoms with E-state index in [9.17, 15) is 4.79 Å². The first-order valence-corrected chi connectivity index (χ1v) is 4.21. The minimum absolute atomic E-state index is 0. The van der Waals surface area contributed by atoms with Crippen molar-refractivity contribution in [2.45, 2.75) is 12.3 Å². The molecule has 2 N–H and O–H groups in total. The Bertz CT molecular complexity index is 303. The van der Waals surface area contributed by atoms with E-state index in [1.54, 1.807) is 6.08 Å². The van der Waals surface area contributed by atoms with Gasteiger partial charge in [-0.15, -0.1) is 6.58 Å². The molecule has 1 aromatic carbocycles. The van der Waals surface area contributed by atoms with Gasteiger partial charge < -0.3 is 7.16 Å². The van der Waals surface area contributed by atoms with Gasteiger partial charge in [0.1, 0.15) is 0 Å². The van der Waals surface area contributed by atoms with Gasteiger partial charge in [-0.1, -0.05) is 36.4 Å². The maximum atomic E-state index is 11.1. The fourth-order valence-electron chi connectivity index (χ4n) is 1.27. The molecule has 1 rings (SSSR count).